The highest BCUT2D eigenvalue weighted by Crippen LogP contribution is 2.15. The predicted molar refractivity (Wildman–Crippen MR) is 44.2 cm³/mol. The van der Waals surface area contributed by atoms with Crippen LogP contribution < -0.4 is 0 Å². The van der Waals surface area contributed by atoms with Crippen LogP contribution in [0.3, 0.4) is 0 Å². The highest BCUT2D eigenvalue weighted by molar-refractivity contribution is 7.10. The topological polar surface area (TPSA) is 17.1 Å². The predicted octanol–water partition coefficient (Wildman–Crippen LogP) is 2.27. The number of aldehydes is 1. The summed E-state index contributed by atoms with van der Waals surface area (Å²) >= 11 is 1.69. The fourth-order valence-corrected chi connectivity index (χ4v) is 1.40. The Balaban J connectivity index is 2.83. The van der Waals surface area contributed by atoms with Crippen molar-refractivity contribution in [3.8, 4) is 0 Å². The molecule has 0 aliphatic heterocycles. The number of hydrogen-bond donors (Lipinski definition) is 0. The van der Waals surface area contributed by atoms with Crippen molar-refractivity contribution in [2.24, 2.45) is 0 Å². The van der Waals surface area contributed by atoms with Crippen LogP contribution in [0.1, 0.15) is 10.4 Å². The van der Waals surface area contributed by atoms with E-state index >= 15 is 0 Å². The Labute approximate surface area is 64.0 Å². The van der Waals surface area contributed by atoms with Crippen molar-refractivity contribution in [2.45, 2.75) is 6.92 Å². The first-order chi connectivity index (χ1) is 4.84. The van der Waals surface area contributed by atoms with Crippen LogP contribution in [0.5, 0.6) is 0 Å². The van der Waals surface area contributed by atoms with Crippen LogP contribution in [0, 0.1) is 6.92 Å². The molecule has 0 radical (unpaired) electrons. The largest absolute Gasteiger partial charge is 0.299 e. The maximum Gasteiger partial charge on any atom is 0.142 e. The molecule has 1 aromatic heterocycles. The van der Waals surface area contributed by atoms with Crippen molar-refractivity contribution in [3.05, 3.63) is 28.0 Å². The van der Waals surface area contributed by atoms with E-state index in [2.05, 4.69) is 0 Å². The van der Waals surface area contributed by atoms with Gasteiger partial charge in [-0.1, -0.05) is 6.08 Å². The van der Waals surface area contributed by atoms with Crippen molar-refractivity contribution >= 4 is 23.7 Å². The van der Waals surface area contributed by atoms with Gasteiger partial charge in [-0.3, -0.25) is 4.79 Å². The molecular formula is C8H8OS. The van der Waals surface area contributed by atoms with Crippen molar-refractivity contribution in [2.75, 3.05) is 0 Å². The van der Waals surface area contributed by atoms with Crippen molar-refractivity contribution in [1.82, 2.24) is 0 Å². The number of carbonyl (C=O) groups excluding carboxylic acids is 1. The van der Waals surface area contributed by atoms with Gasteiger partial charge in [0.2, 0.25) is 0 Å². The second kappa shape index (κ2) is 3.32. The average Bonchev–Trinajstić information content (AvgIpc) is 2.31. The summed E-state index contributed by atoms with van der Waals surface area (Å²) in [5, 5.41) is 2.01. The molecule has 52 valence electrons. The third-order valence-electron chi connectivity index (χ3n) is 1.25. The molecule has 2 heteroatoms. The zero-order valence-electron chi connectivity index (χ0n) is 5.70. The van der Waals surface area contributed by atoms with E-state index < -0.39 is 0 Å². The van der Waals surface area contributed by atoms with Gasteiger partial charge in [-0.2, -0.15) is 0 Å². The molecule has 0 aromatic carbocycles. The molecule has 0 saturated carbocycles. The van der Waals surface area contributed by atoms with Crippen LogP contribution >= 0.6 is 11.3 Å². The number of hydrogen-bond acceptors (Lipinski definition) is 2. The van der Waals surface area contributed by atoms with E-state index in [1.807, 2.05) is 24.4 Å². The Morgan fingerprint density at radius 3 is 2.90 bits per heavy atom. The van der Waals surface area contributed by atoms with E-state index in [0.29, 0.717) is 0 Å². The van der Waals surface area contributed by atoms with Gasteiger partial charge in [-0.05, 0) is 30.0 Å². The standard InChI is InChI=1S/C8H8OS/c1-7-8(3-2-5-9)4-6-10-7/h2-6H,1H3. The second-order valence-electron chi connectivity index (χ2n) is 1.93. The van der Waals surface area contributed by atoms with Gasteiger partial charge in [-0.15, -0.1) is 11.3 Å². The summed E-state index contributed by atoms with van der Waals surface area (Å²) in [4.78, 5) is 11.2. The summed E-state index contributed by atoms with van der Waals surface area (Å²) in [7, 11) is 0. The summed E-state index contributed by atoms with van der Waals surface area (Å²) < 4.78 is 0. The number of allylic oxidation sites excluding steroid dienone is 1. The van der Waals surface area contributed by atoms with Gasteiger partial charge in [0.15, 0.2) is 0 Å². The zero-order valence-corrected chi connectivity index (χ0v) is 6.52. The first-order valence-corrected chi connectivity index (χ1v) is 3.88. The summed E-state index contributed by atoms with van der Waals surface area (Å²) in [6, 6.07) is 2.00. The molecule has 0 spiro atoms. The second-order valence-corrected chi connectivity index (χ2v) is 3.05. The number of carbonyl (C=O) groups is 1. The van der Waals surface area contributed by atoms with Gasteiger partial charge < -0.3 is 0 Å². The fourth-order valence-electron chi connectivity index (χ4n) is 0.711. The number of aryl methyl sites for hydroxylation is 1. The molecule has 0 fully saturated rings. The van der Waals surface area contributed by atoms with Crippen LogP contribution in [-0.2, 0) is 4.79 Å². The molecule has 10 heavy (non-hydrogen) atoms. The van der Waals surface area contributed by atoms with Crippen LogP contribution in [0.25, 0.3) is 6.08 Å². The first-order valence-electron chi connectivity index (χ1n) is 3.00. The van der Waals surface area contributed by atoms with Gasteiger partial charge in [-0.25, -0.2) is 0 Å². The van der Waals surface area contributed by atoms with E-state index in [1.54, 1.807) is 11.3 Å². The van der Waals surface area contributed by atoms with Crippen LogP contribution in [0.2, 0.25) is 0 Å². The third kappa shape index (κ3) is 1.54. The Morgan fingerprint density at radius 2 is 2.40 bits per heavy atom. The Bertz CT molecular complexity index is 248. The normalized spacial score (nSPS) is 10.5. The van der Waals surface area contributed by atoms with E-state index in [9.17, 15) is 4.79 Å². The Hall–Kier alpha value is -0.890. The Kier molecular flexibility index (Phi) is 2.40. The number of thiophene rings is 1. The molecule has 1 aromatic rings. The van der Waals surface area contributed by atoms with E-state index in [0.717, 1.165) is 11.8 Å². The van der Waals surface area contributed by atoms with Gasteiger partial charge in [0.05, 0.1) is 0 Å². The Morgan fingerprint density at radius 1 is 1.60 bits per heavy atom. The molecule has 0 aliphatic carbocycles. The van der Waals surface area contributed by atoms with Crippen molar-refractivity contribution < 1.29 is 4.79 Å². The fraction of sp³-hybridized carbons (Fsp3) is 0.125. The minimum absolute atomic E-state index is 0.789. The molecule has 0 saturated heterocycles. The lowest BCUT2D eigenvalue weighted by atomic mass is 10.2. The summed E-state index contributed by atoms with van der Waals surface area (Å²) in [6.45, 7) is 2.04. The molecule has 0 bridgehead atoms. The number of rotatable bonds is 2. The van der Waals surface area contributed by atoms with E-state index in [4.69, 9.17) is 0 Å². The SMILES string of the molecule is Cc1sccc1C=CC=O. The summed E-state index contributed by atoms with van der Waals surface area (Å²) in [5.74, 6) is 0. The molecule has 0 unspecified atom stereocenters. The molecular weight excluding hydrogens is 144 g/mol. The third-order valence-corrected chi connectivity index (χ3v) is 2.11. The minimum atomic E-state index is 0.789. The highest BCUT2D eigenvalue weighted by Gasteiger charge is 1.91. The lowest BCUT2D eigenvalue weighted by molar-refractivity contribution is -0.104. The van der Waals surface area contributed by atoms with Crippen LogP contribution in [0.4, 0.5) is 0 Å². The van der Waals surface area contributed by atoms with E-state index in [1.165, 1.54) is 11.0 Å². The van der Waals surface area contributed by atoms with E-state index in [-0.39, 0.29) is 0 Å². The van der Waals surface area contributed by atoms with Gasteiger partial charge in [0, 0.05) is 4.88 Å². The average molecular weight is 152 g/mol. The minimum Gasteiger partial charge on any atom is -0.299 e. The summed E-state index contributed by atoms with van der Waals surface area (Å²) in [5.41, 5.74) is 1.14. The molecule has 1 rings (SSSR count). The molecule has 0 atom stereocenters. The van der Waals surface area contributed by atoms with Crippen molar-refractivity contribution in [3.63, 3.8) is 0 Å². The monoisotopic (exact) mass is 152 g/mol. The molecule has 1 heterocycles. The molecule has 0 amide bonds. The lowest BCUT2D eigenvalue weighted by Crippen LogP contribution is -1.67. The molecule has 1 nitrogen and oxygen atoms in total. The van der Waals surface area contributed by atoms with Gasteiger partial charge in [0.1, 0.15) is 6.29 Å². The maximum atomic E-state index is 9.93. The zero-order chi connectivity index (χ0) is 7.40. The highest BCUT2D eigenvalue weighted by atomic mass is 32.1. The van der Waals surface area contributed by atoms with Gasteiger partial charge in [0.25, 0.3) is 0 Å². The summed E-state index contributed by atoms with van der Waals surface area (Å²) in [6.07, 6.45) is 4.12. The van der Waals surface area contributed by atoms with Gasteiger partial charge >= 0.3 is 0 Å². The lowest BCUT2D eigenvalue weighted by Gasteiger charge is -1.84. The maximum absolute atomic E-state index is 9.93. The van der Waals surface area contributed by atoms with Crippen LogP contribution in [-0.4, -0.2) is 6.29 Å². The quantitative estimate of drug-likeness (QED) is 0.469. The van der Waals surface area contributed by atoms with Crippen molar-refractivity contribution in [1.29, 1.82) is 0 Å². The molecule has 0 aliphatic rings. The smallest absolute Gasteiger partial charge is 0.142 e. The van der Waals surface area contributed by atoms with Crippen LogP contribution in [0.15, 0.2) is 17.5 Å². The first kappa shape index (κ1) is 7.22. The molecule has 0 N–H and O–H groups in total.